The Morgan fingerprint density at radius 1 is 1.10 bits per heavy atom. The second-order valence-corrected chi connectivity index (χ2v) is 6.05. The molecule has 0 aromatic heterocycles. The van der Waals surface area contributed by atoms with Gasteiger partial charge in [-0.15, -0.1) is 0 Å². The Bertz CT molecular complexity index is 454. The molecular formula is C14H16Cl2F3N. The number of halogens is 5. The van der Waals surface area contributed by atoms with Crippen LogP contribution in [0.15, 0.2) is 18.2 Å². The van der Waals surface area contributed by atoms with E-state index < -0.39 is 12.1 Å². The van der Waals surface area contributed by atoms with Crippen molar-refractivity contribution in [3.05, 3.63) is 33.8 Å². The van der Waals surface area contributed by atoms with Crippen LogP contribution in [0.4, 0.5) is 13.2 Å². The van der Waals surface area contributed by atoms with Crippen LogP contribution in [0.5, 0.6) is 0 Å². The Hall–Kier alpha value is -0.450. The van der Waals surface area contributed by atoms with E-state index in [0.717, 1.165) is 5.56 Å². The zero-order valence-corrected chi connectivity index (χ0v) is 12.3. The van der Waals surface area contributed by atoms with Gasteiger partial charge in [0.15, 0.2) is 0 Å². The van der Waals surface area contributed by atoms with Gasteiger partial charge >= 0.3 is 6.18 Å². The fourth-order valence-electron chi connectivity index (χ4n) is 2.54. The molecule has 0 atom stereocenters. The van der Waals surface area contributed by atoms with Crippen LogP contribution < -0.4 is 5.32 Å². The maximum absolute atomic E-state index is 12.6. The van der Waals surface area contributed by atoms with Gasteiger partial charge < -0.3 is 5.32 Å². The molecular weight excluding hydrogens is 310 g/mol. The van der Waals surface area contributed by atoms with Crippen LogP contribution in [0.1, 0.15) is 31.2 Å². The SMILES string of the molecule is FC(F)(F)C1CCC(NCc2ccc(Cl)cc2Cl)CC1. The summed E-state index contributed by atoms with van der Waals surface area (Å²) in [7, 11) is 0. The molecule has 1 fully saturated rings. The zero-order valence-electron chi connectivity index (χ0n) is 10.8. The van der Waals surface area contributed by atoms with Crippen molar-refractivity contribution in [2.75, 3.05) is 0 Å². The van der Waals surface area contributed by atoms with Gasteiger partial charge in [0.2, 0.25) is 0 Å². The minimum atomic E-state index is -4.05. The standard InChI is InChI=1S/C14H16Cl2F3N/c15-11-4-1-9(13(16)7-11)8-20-12-5-2-10(3-6-12)14(17,18)19/h1,4,7,10,12,20H,2-3,5-6,8H2. The van der Waals surface area contributed by atoms with Gasteiger partial charge in [-0.3, -0.25) is 0 Å². The van der Waals surface area contributed by atoms with E-state index in [2.05, 4.69) is 5.32 Å². The predicted octanol–water partition coefficient (Wildman–Crippen LogP) is 5.20. The summed E-state index contributed by atoms with van der Waals surface area (Å²) in [6.45, 7) is 0.553. The molecule has 1 aromatic rings. The van der Waals surface area contributed by atoms with Crippen LogP contribution in [0.25, 0.3) is 0 Å². The van der Waals surface area contributed by atoms with Crippen LogP contribution in [-0.2, 0) is 6.54 Å². The molecule has 0 unspecified atom stereocenters. The highest BCUT2D eigenvalue weighted by atomic mass is 35.5. The third kappa shape index (κ3) is 4.27. The van der Waals surface area contributed by atoms with E-state index in [4.69, 9.17) is 23.2 Å². The summed E-state index contributed by atoms with van der Waals surface area (Å²) in [4.78, 5) is 0. The summed E-state index contributed by atoms with van der Waals surface area (Å²) in [5.74, 6) is -1.14. The molecule has 0 amide bonds. The predicted molar refractivity (Wildman–Crippen MR) is 75.1 cm³/mol. The second kappa shape index (κ2) is 6.54. The number of alkyl halides is 3. The summed E-state index contributed by atoms with van der Waals surface area (Å²) in [6, 6.07) is 5.38. The van der Waals surface area contributed by atoms with E-state index in [9.17, 15) is 13.2 Å². The Kier molecular flexibility index (Phi) is 5.21. The first-order chi connectivity index (χ1) is 9.36. The molecule has 20 heavy (non-hydrogen) atoms. The third-order valence-electron chi connectivity index (χ3n) is 3.79. The first-order valence-corrected chi connectivity index (χ1v) is 7.36. The molecule has 1 aliphatic carbocycles. The highest BCUT2D eigenvalue weighted by Gasteiger charge is 2.41. The molecule has 0 bridgehead atoms. The maximum Gasteiger partial charge on any atom is 0.391 e. The smallest absolute Gasteiger partial charge is 0.310 e. The quantitative estimate of drug-likeness (QED) is 0.804. The van der Waals surface area contributed by atoms with Crippen molar-refractivity contribution in [1.82, 2.24) is 5.32 Å². The first kappa shape index (κ1) is 15.9. The maximum atomic E-state index is 12.6. The van der Waals surface area contributed by atoms with Crippen LogP contribution in [0.3, 0.4) is 0 Å². The van der Waals surface area contributed by atoms with Crippen molar-refractivity contribution < 1.29 is 13.2 Å². The van der Waals surface area contributed by atoms with E-state index in [0.29, 0.717) is 29.4 Å². The fraction of sp³-hybridized carbons (Fsp3) is 0.571. The number of benzene rings is 1. The van der Waals surface area contributed by atoms with Crippen molar-refractivity contribution >= 4 is 23.2 Å². The molecule has 1 N–H and O–H groups in total. The van der Waals surface area contributed by atoms with E-state index in [1.54, 1.807) is 12.1 Å². The van der Waals surface area contributed by atoms with Crippen LogP contribution in [0.2, 0.25) is 10.0 Å². The van der Waals surface area contributed by atoms with Gasteiger partial charge in [-0.1, -0.05) is 29.3 Å². The molecule has 0 saturated heterocycles. The highest BCUT2D eigenvalue weighted by Crippen LogP contribution is 2.37. The number of hydrogen-bond acceptors (Lipinski definition) is 1. The molecule has 2 rings (SSSR count). The van der Waals surface area contributed by atoms with E-state index in [-0.39, 0.29) is 18.9 Å². The molecule has 1 nitrogen and oxygen atoms in total. The number of nitrogens with one attached hydrogen (secondary N) is 1. The van der Waals surface area contributed by atoms with Gasteiger partial charge in [-0.25, -0.2) is 0 Å². The summed E-state index contributed by atoms with van der Waals surface area (Å²) in [5.41, 5.74) is 0.911. The van der Waals surface area contributed by atoms with Crippen LogP contribution >= 0.6 is 23.2 Å². The molecule has 0 spiro atoms. The van der Waals surface area contributed by atoms with Gasteiger partial charge in [0.1, 0.15) is 0 Å². The average Bonchev–Trinajstić information content (AvgIpc) is 2.37. The monoisotopic (exact) mass is 325 g/mol. The summed E-state index contributed by atoms with van der Waals surface area (Å²) < 4.78 is 37.7. The van der Waals surface area contributed by atoms with E-state index in [1.807, 2.05) is 6.07 Å². The van der Waals surface area contributed by atoms with Crippen molar-refractivity contribution in [3.63, 3.8) is 0 Å². The molecule has 1 aromatic carbocycles. The summed E-state index contributed by atoms with van der Waals surface area (Å²) in [5, 5.41) is 4.43. The Balaban J connectivity index is 1.82. The zero-order chi connectivity index (χ0) is 14.8. The van der Waals surface area contributed by atoms with Crippen molar-refractivity contribution in [2.45, 2.75) is 44.4 Å². The van der Waals surface area contributed by atoms with Gasteiger partial charge in [-0.2, -0.15) is 13.2 Å². The van der Waals surface area contributed by atoms with Gasteiger partial charge in [-0.05, 0) is 43.4 Å². The molecule has 1 saturated carbocycles. The fourth-order valence-corrected chi connectivity index (χ4v) is 3.02. The van der Waals surface area contributed by atoms with Crippen LogP contribution in [-0.4, -0.2) is 12.2 Å². The molecule has 0 heterocycles. The van der Waals surface area contributed by atoms with Gasteiger partial charge in [0.25, 0.3) is 0 Å². The van der Waals surface area contributed by atoms with Gasteiger partial charge in [0.05, 0.1) is 5.92 Å². The van der Waals surface area contributed by atoms with E-state index in [1.165, 1.54) is 0 Å². The Morgan fingerprint density at radius 3 is 2.30 bits per heavy atom. The minimum Gasteiger partial charge on any atom is -0.310 e. The average molecular weight is 326 g/mol. The minimum absolute atomic E-state index is 0.125. The number of rotatable bonds is 3. The molecule has 0 aliphatic heterocycles. The van der Waals surface area contributed by atoms with E-state index >= 15 is 0 Å². The van der Waals surface area contributed by atoms with Crippen molar-refractivity contribution in [2.24, 2.45) is 5.92 Å². The van der Waals surface area contributed by atoms with Crippen molar-refractivity contribution in [1.29, 1.82) is 0 Å². The Morgan fingerprint density at radius 2 is 1.75 bits per heavy atom. The second-order valence-electron chi connectivity index (χ2n) is 5.21. The highest BCUT2D eigenvalue weighted by molar-refractivity contribution is 6.35. The lowest BCUT2D eigenvalue weighted by atomic mass is 9.85. The van der Waals surface area contributed by atoms with Crippen LogP contribution in [0, 0.1) is 5.92 Å². The summed E-state index contributed by atoms with van der Waals surface area (Å²) >= 11 is 11.9. The third-order valence-corrected chi connectivity index (χ3v) is 4.37. The molecule has 6 heteroatoms. The summed E-state index contributed by atoms with van der Waals surface area (Å²) in [6.07, 6.45) is -2.54. The molecule has 112 valence electrons. The molecule has 0 radical (unpaired) electrons. The first-order valence-electron chi connectivity index (χ1n) is 6.60. The lowest BCUT2D eigenvalue weighted by Gasteiger charge is -2.30. The number of hydrogen-bond donors (Lipinski definition) is 1. The van der Waals surface area contributed by atoms with Crippen molar-refractivity contribution in [3.8, 4) is 0 Å². The molecule has 1 aliphatic rings. The largest absolute Gasteiger partial charge is 0.391 e. The topological polar surface area (TPSA) is 12.0 Å². The Labute approximate surface area is 126 Å². The van der Waals surface area contributed by atoms with Gasteiger partial charge in [0, 0.05) is 22.6 Å². The lowest BCUT2D eigenvalue weighted by molar-refractivity contribution is -0.182. The normalized spacial score (nSPS) is 23.9. The lowest BCUT2D eigenvalue weighted by Crippen LogP contribution is -2.36.